The highest BCUT2D eigenvalue weighted by Crippen LogP contribution is 2.28. The van der Waals surface area contributed by atoms with Gasteiger partial charge in [-0.1, -0.05) is 36.4 Å². The average Bonchev–Trinajstić information content (AvgIpc) is 3.15. The molecule has 7 heteroatoms. The molecule has 2 N–H and O–H groups in total. The van der Waals surface area contributed by atoms with Gasteiger partial charge >= 0.3 is 0 Å². The predicted octanol–water partition coefficient (Wildman–Crippen LogP) is 4.23. The number of rotatable bonds is 6. The fourth-order valence-corrected chi connectivity index (χ4v) is 4.31. The van der Waals surface area contributed by atoms with Gasteiger partial charge < -0.3 is 10.1 Å². The third kappa shape index (κ3) is 4.57. The number of carbonyl (C=O) groups excluding carboxylic acids is 1. The molecule has 0 spiro atoms. The van der Waals surface area contributed by atoms with E-state index in [1.165, 1.54) is 12.1 Å². The Labute approximate surface area is 169 Å². The van der Waals surface area contributed by atoms with Crippen LogP contribution in [-0.2, 0) is 14.8 Å². The van der Waals surface area contributed by atoms with Gasteiger partial charge in [-0.15, -0.1) is 0 Å². The van der Waals surface area contributed by atoms with Crippen LogP contribution in [0, 0.1) is 0 Å². The minimum Gasteiger partial charge on any atom is -0.457 e. The summed E-state index contributed by atoms with van der Waals surface area (Å²) in [5.41, 5.74) is 1.32. The van der Waals surface area contributed by atoms with Crippen LogP contribution in [0.15, 0.2) is 83.8 Å². The first kappa shape index (κ1) is 19.0. The largest absolute Gasteiger partial charge is 0.457 e. The number of anilines is 1. The Kier molecular flexibility index (Phi) is 5.22. The Hall–Kier alpha value is -3.32. The standard InChI is InChI=1S/C22H20N2O4S/c25-22-13-12-21(23-22)16-6-4-7-17(14-16)24-29(26,27)20-11-5-10-19(15-20)28-18-8-2-1-3-9-18/h1-11,14-15,21,24H,12-13H2,(H,23,25). The lowest BCUT2D eigenvalue weighted by Crippen LogP contribution is -2.18. The van der Waals surface area contributed by atoms with Gasteiger partial charge in [0.2, 0.25) is 5.91 Å². The van der Waals surface area contributed by atoms with Crippen molar-refractivity contribution in [2.24, 2.45) is 0 Å². The van der Waals surface area contributed by atoms with Gasteiger partial charge in [0.1, 0.15) is 11.5 Å². The molecule has 1 heterocycles. The fraction of sp³-hybridized carbons (Fsp3) is 0.136. The summed E-state index contributed by atoms with van der Waals surface area (Å²) in [5.74, 6) is 1.07. The van der Waals surface area contributed by atoms with Gasteiger partial charge in [0.05, 0.1) is 10.9 Å². The molecule has 4 rings (SSSR count). The van der Waals surface area contributed by atoms with Crippen LogP contribution in [0.1, 0.15) is 24.4 Å². The second kappa shape index (κ2) is 7.97. The van der Waals surface area contributed by atoms with E-state index in [0.717, 1.165) is 5.56 Å². The number of nitrogens with one attached hydrogen (secondary N) is 2. The zero-order valence-corrected chi connectivity index (χ0v) is 16.4. The van der Waals surface area contributed by atoms with Crippen molar-refractivity contribution in [2.75, 3.05) is 4.72 Å². The highest BCUT2D eigenvalue weighted by Gasteiger charge is 2.23. The van der Waals surface area contributed by atoms with Crippen LogP contribution in [0.2, 0.25) is 0 Å². The number of benzene rings is 3. The van der Waals surface area contributed by atoms with Crippen LogP contribution < -0.4 is 14.8 Å². The molecule has 29 heavy (non-hydrogen) atoms. The molecule has 1 atom stereocenters. The quantitative estimate of drug-likeness (QED) is 0.639. The molecule has 6 nitrogen and oxygen atoms in total. The van der Waals surface area contributed by atoms with Crippen LogP contribution in [0.5, 0.6) is 11.5 Å². The topological polar surface area (TPSA) is 84.5 Å². The molecule has 1 fully saturated rings. The molecule has 0 aliphatic carbocycles. The average molecular weight is 408 g/mol. The van der Waals surface area contributed by atoms with E-state index in [1.54, 1.807) is 42.5 Å². The number of hydrogen-bond acceptors (Lipinski definition) is 4. The smallest absolute Gasteiger partial charge is 0.262 e. The molecule has 0 aromatic heterocycles. The molecule has 148 valence electrons. The normalized spacial score (nSPS) is 16.3. The predicted molar refractivity (Wildman–Crippen MR) is 110 cm³/mol. The van der Waals surface area contributed by atoms with Gasteiger partial charge in [0, 0.05) is 18.2 Å². The maximum Gasteiger partial charge on any atom is 0.262 e. The van der Waals surface area contributed by atoms with E-state index in [-0.39, 0.29) is 16.8 Å². The van der Waals surface area contributed by atoms with Crippen molar-refractivity contribution in [3.8, 4) is 11.5 Å². The number of sulfonamides is 1. The second-order valence-electron chi connectivity index (χ2n) is 6.78. The van der Waals surface area contributed by atoms with Crippen molar-refractivity contribution >= 4 is 21.6 Å². The molecule has 0 radical (unpaired) electrons. The summed E-state index contributed by atoms with van der Waals surface area (Å²) in [6.45, 7) is 0. The van der Waals surface area contributed by atoms with E-state index in [1.807, 2.05) is 24.3 Å². The first-order valence-corrected chi connectivity index (χ1v) is 10.7. The third-order valence-corrected chi connectivity index (χ3v) is 6.01. The molecule has 1 unspecified atom stereocenters. The fourth-order valence-electron chi connectivity index (χ4n) is 3.23. The monoisotopic (exact) mass is 408 g/mol. The molecule has 1 aliphatic rings. The van der Waals surface area contributed by atoms with E-state index in [2.05, 4.69) is 10.0 Å². The SMILES string of the molecule is O=C1CCC(c2cccc(NS(=O)(=O)c3cccc(Oc4ccccc4)c3)c2)N1. The zero-order chi connectivity index (χ0) is 20.3. The summed E-state index contributed by atoms with van der Waals surface area (Å²) in [7, 11) is -3.80. The molecule has 0 saturated carbocycles. The van der Waals surface area contributed by atoms with E-state index in [9.17, 15) is 13.2 Å². The Morgan fingerprint density at radius 2 is 1.66 bits per heavy atom. The highest BCUT2D eigenvalue weighted by atomic mass is 32.2. The van der Waals surface area contributed by atoms with E-state index >= 15 is 0 Å². The van der Waals surface area contributed by atoms with Crippen molar-refractivity contribution in [3.63, 3.8) is 0 Å². The maximum absolute atomic E-state index is 12.9. The lowest BCUT2D eigenvalue weighted by Gasteiger charge is -2.14. The molecule has 1 amide bonds. The van der Waals surface area contributed by atoms with Crippen molar-refractivity contribution in [1.29, 1.82) is 0 Å². The summed E-state index contributed by atoms with van der Waals surface area (Å²) >= 11 is 0. The molecule has 1 saturated heterocycles. The number of ether oxygens (including phenoxy) is 1. The van der Waals surface area contributed by atoms with Gasteiger partial charge in [-0.25, -0.2) is 8.42 Å². The number of carbonyl (C=O) groups is 1. The second-order valence-corrected chi connectivity index (χ2v) is 8.46. The number of amides is 1. The Balaban J connectivity index is 1.53. The van der Waals surface area contributed by atoms with Gasteiger partial charge in [0.25, 0.3) is 10.0 Å². The summed E-state index contributed by atoms with van der Waals surface area (Å²) in [4.78, 5) is 11.6. The lowest BCUT2D eigenvalue weighted by atomic mass is 10.1. The summed E-state index contributed by atoms with van der Waals surface area (Å²) in [6.07, 6.45) is 1.18. The molecular formula is C22H20N2O4S. The zero-order valence-electron chi connectivity index (χ0n) is 15.5. The molecular weight excluding hydrogens is 388 g/mol. The summed E-state index contributed by atoms with van der Waals surface area (Å²) in [6, 6.07) is 22.5. The Morgan fingerprint density at radius 1 is 0.897 bits per heavy atom. The van der Waals surface area contributed by atoms with Crippen LogP contribution in [-0.4, -0.2) is 14.3 Å². The molecule has 0 bridgehead atoms. The van der Waals surface area contributed by atoms with Crippen LogP contribution in [0.3, 0.4) is 0 Å². The van der Waals surface area contributed by atoms with E-state index < -0.39 is 10.0 Å². The van der Waals surface area contributed by atoms with Gasteiger partial charge in [-0.05, 0) is 48.4 Å². The Bertz CT molecular complexity index is 1130. The van der Waals surface area contributed by atoms with E-state index in [0.29, 0.717) is 30.0 Å². The number of para-hydroxylation sites is 1. The molecule has 1 aliphatic heterocycles. The minimum atomic E-state index is -3.80. The third-order valence-electron chi connectivity index (χ3n) is 4.63. The van der Waals surface area contributed by atoms with Crippen molar-refractivity contribution in [3.05, 3.63) is 84.4 Å². The highest BCUT2D eigenvalue weighted by molar-refractivity contribution is 7.92. The maximum atomic E-state index is 12.9. The Morgan fingerprint density at radius 3 is 2.41 bits per heavy atom. The van der Waals surface area contributed by atoms with Crippen molar-refractivity contribution in [2.45, 2.75) is 23.8 Å². The minimum absolute atomic E-state index is 0.0104. The van der Waals surface area contributed by atoms with Crippen LogP contribution >= 0.6 is 0 Å². The number of hydrogen-bond donors (Lipinski definition) is 2. The van der Waals surface area contributed by atoms with Crippen molar-refractivity contribution in [1.82, 2.24) is 5.32 Å². The molecule has 3 aromatic carbocycles. The van der Waals surface area contributed by atoms with Crippen molar-refractivity contribution < 1.29 is 17.9 Å². The van der Waals surface area contributed by atoms with E-state index in [4.69, 9.17) is 4.74 Å². The lowest BCUT2D eigenvalue weighted by molar-refractivity contribution is -0.119. The van der Waals surface area contributed by atoms with Gasteiger partial charge in [0.15, 0.2) is 0 Å². The summed E-state index contributed by atoms with van der Waals surface area (Å²) in [5, 5.41) is 2.89. The van der Waals surface area contributed by atoms with Gasteiger partial charge in [-0.3, -0.25) is 9.52 Å². The molecule has 3 aromatic rings. The first-order chi connectivity index (χ1) is 14.0. The first-order valence-electron chi connectivity index (χ1n) is 9.25. The van der Waals surface area contributed by atoms with Crippen LogP contribution in [0.25, 0.3) is 0 Å². The van der Waals surface area contributed by atoms with Gasteiger partial charge in [-0.2, -0.15) is 0 Å². The summed E-state index contributed by atoms with van der Waals surface area (Å²) < 4.78 is 34.0. The van der Waals surface area contributed by atoms with Crippen LogP contribution in [0.4, 0.5) is 5.69 Å².